The van der Waals surface area contributed by atoms with Gasteiger partial charge in [0.25, 0.3) is 0 Å². The molecule has 3 heteroatoms. The monoisotopic (exact) mass is 325 g/mol. The SMILES string of the molecule is C=C(Br)S/C=C(\C)Cc1cc(C)c(N)cc1CC. The van der Waals surface area contributed by atoms with Gasteiger partial charge in [-0.3, -0.25) is 0 Å². The predicted molar refractivity (Wildman–Crippen MR) is 88.1 cm³/mol. The van der Waals surface area contributed by atoms with Gasteiger partial charge < -0.3 is 5.73 Å². The van der Waals surface area contributed by atoms with Crippen molar-refractivity contribution < 1.29 is 0 Å². The first-order valence-electron chi connectivity index (χ1n) is 5.98. The van der Waals surface area contributed by atoms with Gasteiger partial charge in [-0.15, -0.1) is 0 Å². The van der Waals surface area contributed by atoms with E-state index in [4.69, 9.17) is 5.73 Å². The molecule has 0 saturated heterocycles. The molecule has 0 atom stereocenters. The maximum absolute atomic E-state index is 5.96. The van der Waals surface area contributed by atoms with Gasteiger partial charge in [-0.05, 0) is 70.8 Å². The van der Waals surface area contributed by atoms with Gasteiger partial charge in [-0.1, -0.05) is 36.9 Å². The van der Waals surface area contributed by atoms with Gasteiger partial charge in [0.2, 0.25) is 0 Å². The van der Waals surface area contributed by atoms with Crippen molar-refractivity contribution in [2.24, 2.45) is 0 Å². The largest absolute Gasteiger partial charge is 0.399 e. The highest BCUT2D eigenvalue weighted by Crippen LogP contribution is 2.25. The molecule has 0 heterocycles. The zero-order valence-electron chi connectivity index (χ0n) is 11.2. The molecule has 0 unspecified atom stereocenters. The molecule has 0 aliphatic rings. The Bertz CT molecular complexity index is 478. The number of thioether (sulfide) groups is 1. The minimum atomic E-state index is 0.889. The molecule has 1 aromatic carbocycles. The summed E-state index contributed by atoms with van der Waals surface area (Å²) < 4.78 is 0.936. The van der Waals surface area contributed by atoms with Crippen LogP contribution in [-0.4, -0.2) is 0 Å². The molecule has 0 aromatic heterocycles. The van der Waals surface area contributed by atoms with E-state index in [1.165, 1.54) is 16.7 Å². The van der Waals surface area contributed by atoms with Crippen molar-refractivity contribution in [3.8, 4) is 0 Å². The second kappa shape index (κ2) is 7.05. The summed E-state index contributed by atoms with van der Waals surface area (Å²) in [5, 5.41) is 2.14. The van der Waals surface area contributed by atoms with Crippen molar-refractivity contribution in [2.45, 2.75) is 33.6 Å². The fourth-order valence-corrected chi connectivity index (χ4v) is 2.52. The van der Waals surface area contributed by atoms with Gasteiger partial charge in [-0.2, -0.15) is 0 Å². The van der Waals surface area contributed by atoms with Crippen molar-refractivity contribution >= 4 is 33.4 Å². The van der Waals surface area contributed by atoms with Crippen LogP contribution in [0.1, 0.15) is 30.5 Å². The van der Waals surface area contributed by atoms with E-state index in [0.717, 1.165) is 27.9 Å². The number of rotatable bonds is 5. The maximum Gasteiger partial charge on any atom is 0.0473 e. The lowest BCUT2D eigenvalue weighted by molar-refractivity contribution is 1.04. The molecular formula is C15H20BrNS. The predicted octanol–water partition coefficient (Wildman–Crippen LogP) is 5.19. The number of halogens is 1. The van der Waals surface area contributed by atoms with Crippen molar-refractivity contribution in [3.05, 3.63) is 50.2 Å². The molecule has 0 spiro atoms. The van der Waals surface area contributed by atoms with Crippen LogP contribution in [0.4, 0.5) is 5.69 Å². The molecule has 0 amide bonds. The number of hydrogen-bond donors (Lipinski definition) is 1. The van der Waals surface area contributed by atoms with E-state index < -0.39 is 0 Å². The Labute approximate surface area is 123 Å². The van der Waals surface area contributed by atoms with E-state index in [0.29, 0.717) is 0 Å². The smallest absolute Gasteiger partial charge is 0.0473 e. The van der Waals surface area contributed by atoms with Crippen LogP contribution in [0.25, 0.3) is 0 Å². The quantitative estimate of drug-likeness (QED) is 0.754. The Balaban J connectivity index is 2.93. The van der Waals surface area contributed by atoms with E-state index in [9.17, 15) is 0 Å². The number of benzene rings is 1. The molecular weight excluding hydrogens is 306 g/mol. The Morgan fingerprint density at radius 2 is 2.11 bits per heavy atom. The van der Waals surface area contributed by atoms with Crippen molar-refractivity contribution in [1.82, 2.24) is 0 Å². The summed E-state index contributed by atoms with van der Waals surface area (Å²) in [7, 11) is 0. The van der Waals surface area contributed by atoms with Gasteiger partial charge >= 0.3 is 0 Å². The van der Waals surface area contributed by atoms with Gasteiger partial charge in [0, 0.05) is 9.50 Å². The van der Waals surface area contributed by atoms with Crippen LogP contribution in [0.5, 0.6) is 0 Å². The highest BCUT2D eigenvalue weighted by atomic mass is 79.9. The van der Waals surface area contributed by atoms with Gasteiger partial charge in [0.1, 0.15) is 0 Å². The number of allylic oxidation sites excluding steroid dienone is 1. The van der Waals surface area contributed by atoms with Crippen LogP contribution in [0.3, 0.4) is 0 Å². The average molecular weight is 326 g/mol. The molecule has 0 saturated carbocycles. The standard InChI is InChI=1S/C15H20BrNS/c1-5-13-8-15(17)11(3)7-14(13)6-10(2)9-18-12(4)16/h7-9H,4-6,17H2,1-3H3/b10-9+. The molecule has 98 valence electrons. The van der Waals surface area contributed by atoms with Gasteiger partial charge in [0.15, 0.2) is 0 Å². The number of anilines is 1. The normalized spacial score (nSPS) is 11.7. The highest BCUT2D eigenvalue weighted by Gasteiger charge is 2.05. The van der Waals surface area contributed by atoms with E-state index in [1.807, 2.05) is 0 Å². The van der Waals surface area contributed by atoms with Crippen LogP contribution in [-0.2, 0) is 12.8 Å². The van der Waals surface area contributed by atoms with Crippen LogP contribution < -0.4 is 5.73 Å². The number of nitrogen functional groups attached to an aromatic ring is 1. The van der Waals surface area contributed by atoms with Gasteiger partial charge in [0.05, 0.1) is 0 Å². The van der Waals surface area contributed by atoms with Crippen LogP contribution in [0.2, 0.25) is 0 Å². The van der Waals surface area contributed by atoms with Crippen molar-refractivity contribution in [3.63, 3.8) is 0 Å². The lowest BCUT2D eigenvalue weighted by atomic mass is 9.96. The summed E-state index contributed by atoms with van der Waals surface area (Å²) in [6.45, 7) is 10.2. The number of hydrogen-bond acceptors (Lipinski definition) is 2. The Kier molecular flexibility index (Phi) is 6.03. The third-order valence-electron chi connectivity index (χ3n) is 2.83. The van der Waals surface area contributed by atoms with Crippen LogP contribution in [0.15, 0.2) is 33.5 Å². The molecule has 0 fully saturated rings. The minimum absolute atomic E-state index is 0.889. The third-order valence-corrected chi connectivity index (χ3v) is 4.16. The maximum atomic E-state index is 5.96. The third kappa shape index (κ3) is 4.54. The molecule has 1 aromatic rings. The summed E-state index contributed by atoms with van der Waals surface area (Å²) in [5.74, 6) is 0. The first-order valence-corrected chi connectivity index (χ1v) is 7.65. The van der Waals surface area contributed by atoms with E-state index in [2.05, 4.69) is 60.8 Å². The fourth-order valence-electron chi connectivity index (χ4n) is 1.83. The average Bonchev–Trinajstić information content (AvgIpc) is 2.31. The summed E-state index contributed by atoms with van der Waals surface area (Å²) in [5.41, 5.74) is 12.1. The molecule has 0 aliphatic carbocycles. The summed E-state index contributed by atoms with van der Waals surface area (Å²) in [4.78, 5) is 0. The Hall–Kier alpha value is -0.670. The fraction of sp³-hybridized carbons (Fsp3) is 0.333. The minimum Gasteiger partial charge on any atom is -0.399 e. The molecule has 0 aliphatic heterocycles. The molecule has 18 heavy (non-hydrogen) atoms. The summed E-state index contributed by atoms with van der Waals surface area (Å²) in [6, 6.07) is 4.31. The molecule has 1 nitrogen and oxygen atoms in total. The Morgan fingerprint density at radius 3 is 2.67 bits per heavy atom. The Morgan fingerprint density at radius 1 is 1.44 bits per heavy atom. The van der Waals surface area contributed by atoms with E-state index in [1.54, 1.807) is 11.8 Å². The summed E-state index contributed by atoms with van der Waals surface area (Å²) >= 11 is 4.96. The molecule has 0 bridgehead atoms. The van der Waals surface area contributed by atoms with E-state index in [-0.39, 0.29) is 0 Å². The van der Waals surface area contributed by atoms with Crippen molar-refractivity contribution in [1.29, 1.82) is 0 Å². The highest BCUT2D eigenvalue weighted by molar-refractivity contribution is 9.14. The van der Waals surface area contributed by atoms with Crippen LogP contribution in [0, 0.1) is 6.92 Å². The lowest BCUT2D eigenvalue weighted by Crippen LogP contribution is -1.99. The zero-order chi connectivity index (χ0) is 13.7. The van der Waals surface area contributed by atoms with Crippen molar-refractivity contribution in [2.75, 3.05) is 5.73 Å². The summed E-state index contributed by atoms with van der Waals surface area (Å²) in [6.07, 6.45) is 1.99. The second-order valence-electron chi connectivity index (χ2n) is 4.45. The number of nitrogens with two attached hydrogens (primary N) is 1. The topological polar surface area (TPSA) is 26.0 Å². The van der Waals surface area contributed by atoms with E-state index >= 15 is 0 Å². The zero-order valence-corrected chi connectivity index (χ0v) is 13.6. The molecule has 1 rings (SSSR count). The first-order chi connectivity index (χ1) is 8.43. The molecule has 0 radical (unpaired) electrons. The van der Waals surface area contributed by atoms with Gasteiger partial charge in [-0.25, -0.2) is 0 Å². The van der Waals surface area contributed by atoms with Crippen LogP contribution >= 0.6 is 27.7 Å². The number of aryl methyl sites for hydroxylation is 2. The first kappa shape index (κ1) is 15.4. The molecule has 2 N–H and O–H groups in total. The second-order valence-corrected chi connectivity index (χ2v) is 6.89. The lowest BCUT2D eigenvalue weighted by Gasteiger charge is -2.12.